The summed E-state index contributed by atoms with van der Waals surface area (Å²) < 4.78 is 6.98. The lowest BCUT2D eigenvalue weighted by Gasteiger charge is -2.26. The van der Waals surface area contributed by atoms with Gasteiger partial charge in [0.1, 0.15) is 23.5 Å². The fourth-order valence-electron chi connectivity index (χ4n) is 4.62. The Morgan fingerprint density at radius 2 is 2.09 bits per heavy atom. The molecule has 2 aromatic rings. The van der Waals surface area contributed by atoms with Gasteiger partial charge in [0.2, 0.25) is 11.8 Å². The highest BCUT2D eigenvalue weighted by Gasteiger charge is 2.35. The third-order valence-corrected chi connectivity index (χ3v) is 6.56. The molecule has 0 radical (unpaired) electrons. The Bertz CT molecular complexity index is 1110. The van der Waals surface area contributed by atoms with E-state index in [1.807, 2.05) is 6.07 Å². The minimum atomic E-state index is -0.799. The molecule has 4 rings (SSSR count). The maximum Gasteiger partial charge on any atom is 0.265 e. The number of fused-ring (bicyclic) bond motifs is 1. The molecular formula is C24H29N5O4. The third-order valence-electron chi connectivity index (χ3n) is 6.56. The smallest absolute Gasteiger partial charge is 0.265 e. The van der Waals surface area contributed by atoms with E-state index in [1.165, 1.54) is 0 Å². The number of ether oxygens (including phenoxy) is 1. The molecule has 174 valence electrons. The first-order valence-electron chi connectivity index (χ1n) is 11.4. The van der Waals surface area contributed by atoms with Crippen LogP contribution in [0.4, 0.5) is 0 Å². The largest absolute Gasteiger partial charge is 0.497 e. The maximum atomic E-state index is 13.5. The second-order valence-electron chi connectivity index (χ2n) is 8.94. The summed E-state index contributed by atoms with van der Waals surface area (Å²) >= 11 is 0. The number of carbonyl (C=O) groups is 3. The van der Waals surface area contributed by atoms with Crippen molar-refractivity contribution in [2.75, 3.05) is 13.7 Å². The summed E-state index contributed by atoms with van der Waals surface area (Å²) in [6, 6.07) is 7.68. The van der Waals surface area contributed by atoms with E-state index in [0.29, 0.717) is 36.6 Å². The van der Waals surface area contributed by atoms with E-state index in [9.17, 15) is 19.6 Å². The summed E-state index contributed by atoms with van der Waals surface area (Å²) in [6.07, 6.45) is 4.40. The van der Waals surface area contributed by atoms with Gasteiger partial charge in [-0.25, -0.2) is 0 Å². The Morgan fingerprint density at radius 1 is 1.30 bits per heavy atom. The number of carbonyl (C=O) groups excluding carboxylic acids is 3. The molecule has 0 bridgehead atoms. The lowest BCUT2D eigenvalue weighted by molar-refractivity contribution is -0.128. The summed E-state index contributed by atoms with van der Waals surface area (Å²) in [5, 5.41) is 16.1. The molecule has 3 atom stereocenters. The third kappa shape index (κ3) is 4.95. The topological polar surface area (TPSA) is 139 Å². The second-order valence-corrected chi connectivity index (χ2v) is 8.94. The molecule has 1 aromatic heterocycles. The monoisotopic (exact) mass is 451 g/mol. The van der Waals surface area contributed by atoms with Crippen LogP contribution in [-0.4, -0.2) is 42.0 Å². The lowest BCUT2D eigenvalue weighted by Crippen LogP contribution is -2.44. The summed E-state index contributed by atoms with van der Waals surface area (Å²) in [5.74, 6) is -0.343. The van der Waals surface area contributed by atoms with Crippen LogP contribution >= 0.6 is 0 Å². The number of nitrogens with zero attached hydrogens (tertiary/aromatic N) is 2. The van der Waals surface area contributed by atoms with Crippen molar-refractivity contribution in [3.63, 3.8) is 0 Å². The molecule has 0 unspecified atom stereocenters. The highest BCUT2D eigenvalue weighted by Crippen LogP contribution is 2.39. The predicted octanol–water partition coefficient (Wildman–Crippen LogP) is 2.01. The molecule has 1 aliphatic carbocycles. The van der Waals surface area contributed by atoms with Crippen LogP contribution in [0.3, 0.4) is 0 Å². The normalized spacial score (nSPS) is 19.9. The quantitative estimate of drug-likeness (QED) is 0.535. The van der Waals surface area contributed by atoms with Gasteiger partial charge in [-0.2, -0.15) is 5.26 Å². The molecule has 9 heteroatoms. The SMILES string of the molecule is COc1ccc2c(c1)cc(C(N)=O)n2[C@@H](CC1CC1)C(=O)N[C@H](C#N)C[C@@H]1CCCNC1=O. The number of methoxy groups -OCH3 is 1. The first kappa shape index (κ1) is 22.6. The second kappa shape index (κ2) is 9.53. The lowest BCUT2D eigenvalue weighted by atomic mass is 9.92. The molecule has 4 N–H and O–H groups in total. The average molecular weight is 452 g/mol. The van der Waals surface area contributed by atoms with Crippen molar-refractivity contribution in [3.8, 4) is 11.8 Å². The van der Waals surface area contributed by atoms with Crippen molar-refractivity contribution in [1.82, 2.24) is 15.2 Å². The fourth-order valence-corrected chi connectivity index (χ4v) is 4.62. The molecule has 1 saturated heterocycles. The van der Waals surface area contributed by atoms with Gasteiger partial charge in [0.15, 0.2) is 0 Å². The van der Waals surface area contributed by atoms with Gasteiger partial charge in [-0.15, -0.1) is 0 Å². The van der Waals surface area contributed by atoms with Crippen LogP contribution in [0.15, 0.2) is 24.3 Å². The van der Waals surface area contributed by atoms with Gasteiger partial charge in [0.05, 0.1) is 13.2 Å². The van der Waals surface area contributed by atoms with Crippen molar-refractivity contribution >= 4 is 28.6 Å². The van der Waals surface area contributed by atoms with Gasteiger partial charge in [-0.05, 0) is 55.9 Å². The average Bonchev–Trinajstić information content (AvgIpc) is 3.55. The first-order chi connectivity index (χ1) is 15.9. The molecule has 33 heavy (non-hydrogen) atoms. The van der Waals surface area contributed by atoms with E-state index in [0.717, 1.165) is 24.6 Å². The van der Waals surface area contributed by atoms with Crippen LogP contribution in [0, 0.1) is 23.2 Å². The summed E-state index contributed by atoms with van der Waals surface area (Å²) in [5.41, 5.74) is 6.62. The van der Waals surface area contributed by atoms with Gasteiger partial charge < -0.3 is 25.7 Å². The summed E-state index contributed by atoms with van der Waals surface area (Å²) in [4.78, 5) is 37.9. The number of rotatable bonds is 9. The number of hydrogen-bond acceptors (Lipinski definition) is 5. The maximum absolute atomic E-state index is 13.5. The van der Waals surface area contributed by atoms with Gasteiger partial charge in [-0.3, -0.25) is 14.4 Å². The van der Waals surface area contributed by atoms with Crippen LogP contribution < -0.4 is 21.1 Å². The van der Waals surface area contributed by atoms with Gasteiger partial charge in [0, 0.05) is 23.4 Å². The van der Waals surface area contributed by atoms with E-state index in [-0.39, 0.29) is 29.8 Å². The van der Waals surface area contributed by atoms with Gasteiger partial charge in [-0.1, -0.05) is 12.8 Å². The molecule has 1 aliphatic heterocycles. The van der Waals surface area contributed by atoms with Crippen LogP contribution in [0.25, 0.3) is 10.9 Å². The van der Waals surface area contributed by atoms with Crippen LogP contribution in [0.5, 0.6) is 5.75 Å². The number of nitrogens with one attached hydrogen (secondary N) is 2. The molecule has 0 spiro atoms. The number of nitrogens with two attached hydrogens (primary N) is 1. The molecule has 1 aromatic carbocycles. The molecule has 2 heterocycles. The Balaban J connectivity index is 1.64. The summed E-state index contributed by atoms with van der Waals surface area (Å²) in [7, 11) is 1.56. The Kier molecular flexibility index (Phi) is 6.54. The molecule has 3 amide bonds. The molecular weight excluding hydrogens is 422 g/mol. The van der Waals surface area contributed by atoms with Crippen LogP contribution in [0.2, 0.25) is 0 Å². The van der Waals surface area contributed by atoms with Crippen LogP contribution in [0.1, 0.15) is 55.1 Å². The van der Waals surface area contributed by atoms with E-state index in [4.69, 9.17) is 10.5 Å². The number of piperidine rings is 1. The van der Waals surface area contributed by atoms with E-state index in [1.54, 1.807) is 29.9 Å². The van der Waals surface area contributed by atoms with E-state index < -0.39 is 18.0 Å². The van der Waals surface area contributed by atoms with Gasteiger partial charge in [0.25, 0.3) is 5.91 Å². The minimum Gasteiger partial charge on any atom is -0.497 e. The zero-order chi connectivity index (χ0) is 23.5. The first-order valence-corrected chi connectivity index (χ1v) is 11.4. The molecule has 9 nitrogen and oxygen atoms in total. The molecule has 2 fully saturated rings. The minimum absolute atomic E-state index is 0.0772. The zero-order valence-corrected chi connectivity index (χ0v) is 18.7. The van der Waals surface area contributed by atoms with E-state index in [2.05, 4.69) is 16.7 Å². The summed E-state index contributed by atoms with van der Waals surface area (Å²) in [6.45, 7) is 0.643. The standard InChI is InChI=1S/C24H29N5O4/c1-33-18-6-7-19-16(11-18)12-20(22(26)30)29(19)21(9-14-4-5-14)24(32)28-17(13-25)10-15-3-2-8-27-23(15)31/h6-7,11-12,14-15,17,21H,2-5,8-10H2,1H3,(H2,26,30)(H,27,31)(H,28,32)/t15-,17-,21-/m0/s1. The molecule has 1 saturated carbocycles. The van der Waals surface area contributed by atoms with Crippen LogP contribution in [-0.2, 0) is 9.59 Å². The predicted molar refractivity (Wildman–Crippen MR) is 121 cm³/mol. The number of amides is 3. The van der Waals surface area contributed by atoms with Crippen molar-refractivity contribution < 1.29 is 19.1 Å². The van der Waals surface area contributed by atoms with Crippen molar-refractivity contribution in [2.45, 2.75) is 50.6 Å². The number of primary amides is 1. The Hall–Kier alpha value is -3.54. The van der Waals surface area contributed by atoms with E-state index >= 15 is 0 Å². The highest BCUT2D eigenvalue weighted by atomic mass is 16.5. The number of benzene rings is 1. The fraction of sp³-hybridized carbons (Fsp3) is 0.500. The molecule has 2 aliphatic rings. The number of aromatic nitrogens is 1. The van der Waals surface area contributed by atoms with Crippen molar-refractivity contribution in [2.24, 2.45) is 17.6 Å². The Labute approximate surface area is 192 Å². The number of nitriles is 1. The van der Waals surface area contributed by atoms with Gasteiger partial charge >= 0.3 is 0 Å². The zero-order valence-electron chi connectivity index (χ0n) is 18.7. The van der Waals surface area contributed by atoms with Crippen molar-refractivity contribution in [3.05, 3.63) is 30.0 Å². The van der Waals surface area contributed by atoms with Crippen molar-refractivity contribution in [1.29, 1.82) is 5.26 Å². The highest BCUT2D eigenvalue weighted by molar-refractivity contribution is 5.99. The number of hydrogen-bond donors (Lipinski definition) is 3. The Morgan fingerprint density at radius 3 is 2.73 bits per heavy atom.